The van der Waals surface area contributed by atoms with Gasteiger partial charge in [0, 0.05) is 19.6 Å². The molecule has 4 nitrogen and oxygen atoms in total. The Hall–Kier alpha value is -1.39. The fourth-order valence-electron chi connectivity index (χ4n) is 2.64. The van der Waals surface area contributed by atoms with Gasteiger partial charge in [0.25, 0.3) is 0 Å². The minimum Gasteiger partial charge on any atom is -0.368 e. The van der Waals surface area contributed by atoms with Crippen LogP contribution in [0.3, 0.4) is 0 Å². The van der Waals surface area contributed by atoms with Gasteiger partial charge >= 0.3 is 0 Å². The van der Waals surface area contributed by atoms with Crippen LogP contribution in [0, 0.1) is 0 Å². The molecule has 0 aliphatic carbocycles. The molecule has 110 valence electrons. The van der Waals surface area contributed by atoms with Crippen LogP contribution in [0.5, 0.6) is 0 Å². The van der Waals surface area contributed by atoms with E-state index in [9.17, 15) is 4.79 Å². The molecule has 1 heterocycles. The predicted octanol–water partition coefficient (Wildman–Crippen LogP) is 1.64. The molecule has 1 aromatic carbocycles. The van der Waals surface area contributed by atoms with Gasteiger partial charge in [-0.25, -0.2) is 0 Å². The number of benzene rings is 1. The minimum absolute atomic E-state index is 0.261. The van der Waals surface area contributed by atoms with Crippen molar-refractivity contribution in [2.24, 2.45) is 5.73 Å². The number of nitrogens with two attached hydrogens (primary N) is 1. The SMILES string of the molecule is CCCNC(C)(CCN1Cc2ccccc2C1)C(N)=O. The number of primary amides is 1. The van der Waals surface area contributed by atoms with Crippen molar-refractivity contribution in [2.75, 3.05) is 13.1 Å². The van der Waals surface area contributed by atoms with E-state index in [1.165, 1.54) is 11.1 Å². The van der Waals surface area contributed by atoms with Crippen molar-refractivity contribution < 1.29 is 4.79 Å². The van der Waals surface area contributed by atoms with Crippen LogP contribution in [0.25, 0.3) is 0 Å². The Morgan fingerprint density at radius 2 is 1.95 bits per heavy atom. The third-order valence-electron chi connectivity index (χ3n) is 4.14. The molecule has 3 N–H and O–H groups in total. The lowest BCUT2D eigenvalue weighted by Gasteiger charge is -2.29. The summed E-state index contributed by atoms with van der Waals surface area (Å²) >= 11 is 0. The third-order valence-corrected chi connectivity index (χ3v) is 4.14. The first-order valence-corrected chi connectivity index (χ1v) is 7.39. The standard InChI is InChI=1S/C16H25N3O/c1-3-9-18-16(2,15(17)20)8-10-19-11-13-6-4-5-7-14(13)12-19/h4-7,18H,3,8-12H2,1-2H3,(H2,17,20). The van der Waals surface area contributed by atoms with Crippen LogP contribution in [0.2, 0.25) is 0 Å². The lowest BCUT2D eigenvalue weighted by Crippen LogP contribution is -2.54. The van der Waals surface area contributed by atoms with Gasteiger partial charge in [0.2, 0.25) is 5.91 Å². The monoisotopic (exact) mass is 275 g/mol. The Morgan fingerprint density at radius 1 is 1.35 bits per heavy atom. The molecule has 1 aliphatic heterocycles. The van der Waals surface area contributed by atoms with Gasteiger partial charge in [-0.15, -0.1) is 0 Å². The van der Waals surface area contributed by atoms with E-state index in [4.69, 9.17) is 5.73 Å². The predicted molar refractivity (Wildman–Crippen MR) is 81.1 cm³/mol. The molecule has 1 aliphatic rings. The number of fused-ring (bicyclic) bond motifs is 1. The highest BCUT2D eigenvalue weighted by atomic mass is 16.1. The Kier molecular flexibility index (Phi) is 4.78. The summed E-state index contributed by atoms with van der Waals surface area (Å²) in [5.41, 5.74) is 7.75. The van der Waals surface area contributed by atoms with Crippen molar-refractivity contribution in [1.82, 2.24) is 10.2 Å². The molecule has 0 saturated heterocycles. The van der Waals surface area contributed by atoms with Gasteiger partial charge in [0.1, 0.15) is 0 Å². The molecule has 1 atom stereocenters. The average Bonchev–Trinajstić information content (AvgIpc) is 2.85. The fourth-order valence-corrected chi connectivity index (χ4v) is 2.64. The van der Waals surface area contributed by atoms with Crippen molar-refractivity contribution in [2.45, 2.75) is 45.3 Å². The molecular weight excluding hydrogens is 250 g/mol. The average molecular weight is 275 g/mol. The maximum absolute atomic E-state index is 11.7. The second-order valence-electron chi connectivity index (χ2n) is 5.85. The first-order valence-electron chi connectivity index (χ1n) is 7.39. The summed E-state index contributed by atoms with van der Waals surface area (Å²) in [6.45, 7) is 7.64. The van der Waals surface area contributed by atoms with Crippen LogP contribution < -0.4 is 11.1 Å². The summed E-state index contributed by atoms with van der Waals surface area (Å²) in [7, 11) is 0. The first kappa shape index (κ1) is 15.0. The summed E-state index contributed by atoms with van der Waals surface area (Å²) in [6, 6.07) is 8.52. The van der Waals surface area contributed by atoms with E-state index in [1.807, 2.05) is 6.92 Å². The Labute approximate surface area is 121 Å². The highest BCUT2D eigenvalue weighted by Crippen LogP contribution is 2.23. The number of nitrogens with one attached hydrogen (secondary N) is 1. The molecule has 2 rings (SSSR count). The van der Waals surface area contributed by atoms with Crippen molar-refractivity contribution in [3.05, 3.63) is 35.4 Å². The maximum Gasteiger partial charge on any atom is 0.237 e. The van der Waals surface area contributed by atoms with Crippen molar-refractivity contribution in [3.63, 3.8) is 0 Å². The Bertz CT molecular complexity index is 450. The number of carbonyl (C=O) groups is 1. The highest BCUT2D eigenvalue weighted by molar-refractivity contribution is 5.84. The number of rotatable bonds is 7. The molecule has 1 amide bonds. The highest BCUT2D eigenvalue weighted by Gasteiger charge is 2.31. The van der Waals surface area contributed by atoms with Gasteiger partial charge < -0.3 is 11.1 Å². The minimum atomic E-state index is -0.606. The molecule has 0 fully saturated rings. The molecule has 4 heteroatoms. The zero-order valence-electron chi connectivity index (χ0n) is 12.5. The quantitative estimate of drug-likeness (QED) is 0.795. The van der Waals surface area contributed by atoms with Crippen LogP contribution in [0.1, 0.15) is 37.8 Å². The van der Waals surface area contributed by atoms with E-state index in [2.05, 4.69) is 41.4 Å². The van der Waals surface area contributed by atoms with E-state index < -0.39 is 5.54 Å². The molecule has 0 radical (unpaired) electrons. The van der Waals surface area contributed by atoms with Crippen molar-refractivity contribution >= 4 is 5.91 Å². The summed E-state index contributed by atoms with van der Waals surface area (Å²) in [4.78, 5) is 14.1. The van der Waals surface area contributed by atoms with Gasteiger partial charge in [0.05, 0.1) is 5.54 Å². The first-order chi connectivity index (χ1) is 9.55. The maximum atomic E-state index is 11.7. The molecule has 20 heavy (non-hydrogen) atoms. The summed E-state index contributed by atoms with van der Waals surface area (Å²) in [5, 5.41) is 3.29. The molecule has 0 aromatic heterocycles. The fraction of sp³-hybridized carbons (Fsp3) is 0.562. The van der Waals surface area contributed by atoms with E-state index in [1.54, 1.807) is 0 Å². The van der Waals surface area contributed by atoms with Gasteiger partial charge in [-0.2, -0.15) is 0 Å². The number of hydrogen-bond donors (Lipinski definition) is 2. The number of carbonyl (C=O) groups excluding carboxylic acids is 1. The number of hydrogen-bond acceptors (Lipinski definition) is 3. The largest absolute Gasteiger partial charge is 0.368 e. The van der Waals surface area contributed by atoms with Crippen LogP contribution in [-0.2, 0) is 17.9 Å². The van der Waals surface area contributed by atoms with Crippen LogP contribution >= 0.6 is 0 Å². The van der Waals surface area contributed by atoms with Crippen LogP contribution in [0.15, 0.2) is 24.3 Å². The second kappa shape index (κ2) is 6.37. The number of nitrogens with zero attached hydrogens (tertiary/aromatic N) is 1. The Balaban J connectivity index is 1.90. The summed E-state index contributed by atoms with van der Waals surface area (Å²) < 4.78 is 0. The van der Waals surface area contributed by atoms with Crippen molar-refractivity contribution in [1.29, 1.82) is 0 Å². The zero-order chi connectivity index (χ0) is 14.6. The third kappa shape index (κ3) is 3.38. The van der Waals surface area contributed by atoms with Crippen molar-refractivity contribution in [3.8, 4) is 0 Å². The van der Waals surface area contributed by atoms with Crippen LogP contribution in [0.4, 0.5) is 0 Å². The lowest BCUT2D eigenvalue weighted by atomic mass is 9.96. The Morgan fingerprint density at radius 3 is 2.45 bits per heavy atom. The van der Waals surface area contributed by atoms with Crippen LogP contribution in [-0.4, -0.2) is 29.4 Å². The molecular formula is C16H25N3O. The smallest absolute Gasteiger partial charge is 0.237 e. The molecule has 1 aromatic rings. The summed E-state index contributed by atoms with van der Waals surface area (Å²) in [5.74, 6) is -0.261. The lowest BCUT2D eigenvalue weighted by molar-refractivity contribution is -0.124. The molecule has 0 saturated carbocycles. The van der Waals surface area contributed by atoms with Gasteiger partial charge in [0.15, 0.2) is 0 Å². The summed E-state index contributed by atoms with van der Waals surface area (Å²) in [6.07, 6.45) is 1.74. The zero-order valence-corrected chi connectivity index (χ0v) is 12.5. The molecule has 0 bridgehead atoms. The molecule has 0 spiro atoms. The molecule has 1 unspecified atom stereocenters. The number of amides is 1. The second-order valence-corrected chi connectivity index (χ2v) is 5.85. The van der Waals surface area contributed by atoms with Gasteiger partial charge in [-0.05, 0) is 37.4 Å². The normalized spacial score (nSPS) is 17.7. The van der Waals surface area contributed by atoms with E-state index in [0.29, 0.717) is 0 Å². The van der Waals surface area contributed by atoms with Gasteiger partial charge in [-0.3, -0.25) is 9.69 Å². The van der Waals surface area contributed by atoms with E-state index >= 15 is 0 Å². The van der Waals surface area contributed by atoms with E-state index in [0.717, 1.165) is 39.0 Å². The van der Waals surface area contributed by atoms with E-state index in [-0.39, 0.29) is 5.91 Å². The topological polar surface area (TPSA) is 58.4 Å². The van der Waals surface area contributed by atoms with Gasteiger partial charge in [-0.1, -0.05) is 31.2 Å².